The van der Waals surface area contributed by atoms with Crippen molar-refractivity contribution in [3.05, 3.63) is 24.0 Å². The highest BCUT2D eigenvalue weighted by molar-refractivity contribution is 5.93. The van der Waals surface area contributed by atoms with Gasteiger partial charge in [0.2, 0.25) is 0 Å². The van der Waals surface area contributed by atoms with Gasteiger partial charge in [0.25, 0.3) is 5.91 Å². The molecule has 0 bridgehead atoms. The number of aromatic nitrogens is 1. The van der Waals surface area contributed by atoms with E-state index in [0.717, 1.165) is 25.1 Å². The van der Waals surface area contributed by atoms with Gasteiger partial charge in [-0.3, -0.25) is 9.78 Å². The molecule has 1 amide bonds. The molecule has 0 fully saturated rings. The van der Waals surface area contributed by atoms with Gasteiger partial charge < -0.3 is 15.4 Å². The fraction of sp³-hybridized carbons (Fsp3) is 0.571. The number of carbonyl (C=O) groups excluding carboxylic acids is 1. The first kappa shape index (κ1) is 15.4. The molecule has 0 aliphatic rings. The maximum atomic E-state index is 11.9. The van der Waals surface area contributed by atoms with Gasteiger partial charge in [-0.25, -0.2) is 0 Å². The first-order chi connectivity index (χ1) is 9.27. The molecular formula is C14H23N3O2. The molecule has 1 aromatic rings. The van der Waals surface area contributed by atoms with Crippen LogP contribution in [0.4, 0.5) is 5.69 Å². The molecule has 1 heterocycles. The molecule has 1 aromatic heterocycles. The molecule has 0 unspecified atom stereocenters. The van der Waals surface area contributed by atoms with Crippen LogP contribution < -0.4 is 10.6 Å². The predicted molar refractivity (Wildman–Crippen MR) is 76.5 cm³/mol. The normalized spacial score (nSPS) is 10.2. The largest absolute Gasteiger partial charge is 0.385 e. The highest BCUT2D eigenvalue weighted by Crippen LogP contribution is 2.07. The molecule has 0 aliphatic carbocycles. The van der Waals surface area contributed by atoms with Crippen LogP contribution in [0.5, 0.6) is 0 Å². The van der Waals surface area contributed by atoms with Gasteiger partial charge in [0.05, 0.1) is 0 Å². The van der Waals surface area contributed by atoms with Crippen LogP contribution in [-0.4, -0.2) is 37.2 Å². The predicted octanol–water partition coefficient (Wildman–Crippen LogP) is 2.06. The lowest BCUT2D eigenvalue weighted by Gasteiger charge is -2.07. The van der Waals surface area contributed by atoms with E-state index in [1.165, 1.54) is 0 Å². The number of carbonyl (C=O) groups is 1. The van der Waals surface area contributed by atoms with Crippen LogP contribution in [0.15, 0.2) is 18.3 Å². The number of anilines is 1. The second kappa shape index (κ2) is 9.33. The standard InChI is InChI=1S/C14H23N3O2/c1-3-7-15-12-6-9-16-13(11-12)14(18)17-8-5-10-19-4-2/h6,9,11H,3-5,7-8,10H2,1-2H3,(H,15,16)(H,17,18). The van der Waals surface area contributed by atoms with Crippen LogP contribution in [-0.2, 0) is 4.74 Å². The summed E-state index contributed by atoms with van der Waals surface area (Å²) in [5, 5.41) is 6.07. The maximum absolute atomic E-state index is 11.9. The molecule has 1 rings (SSSR count). The lowest BCUT2D eigenvalue weighted by atomic mass is 10.3. The van der Waals surface area contributed by atoms with E-state index in [2.05, 4.69) is 22.5 Å². The highest BCUT2D eigenvalue weighted by atomic mass is 16.5. The van der Waals surface area contributed by atoms with Crippen LogP contribution in [0.1, 0.15) is 37.2 Å². The van der Waals surface area contributed by atoms with Crippen molar-refractivity contribution < 1.29 is 9.53 Å². The van der Waals surface area contributed by atoms with E-state index in [1.54, 1.807) is 12.3 Å². The SMILES string of the molecule is CCCNc1ccnc(C(=O)NCCCOCC)c1. The summed E-state index contributed by atoms with van der Waals surface area (Å²) >= 11 is 0. The van der Waals surface area contributed by atoms with E-state index in [-0.39, 0.29) is 5.91 Å². The number of nitrogens with one attached hydrogen (secondary N) is 2. The number of hydrogen-bond donors (Lipinski definition) is 2. The smallest absolute Gasteiger partial charge is 0.269 e. The molecule has 106 valence electrons. The summed E-state index contributed by atoms with van der Waals surface area (Å²) in [6, 6.07) is 3.63. The van der Waals surface area contributed by atoms with Crippen molar-refractivity contribution in [3.8, 4) is 0 Å². The van der Waals surface area contributed by atoms with Crippen molar-refractivity contribution in [1.29, 1.82) is 0 Å². The monoisotopic (exact) mass is 265 g/mol. The third kappa shape index (κ3) is 6.20. The summed E-state index contributed by atoms with van der Waals surface area (Å²) in [6.45, 7) is 6.92. The van der Waals surface area contributed by atoms with Gasteiger partial charge in [0.1, 0.15) is 5.69 Å². The van der Waals surface area contributed by atoms with Crippen LogP contribution in [0, 0.1) is 0 Å². The van der Waals surface area contributed by atoms with Crippen LogP contribution in [0.3, 0.4) is 0 Å². The molecule has 0 atom stereocenters. The molecule has 19 heavy (non-hydrogen) atoms. The van der Waals surface area contributed by atoms with Crippen LogP contribution in [0.25, 0.3) is 0 Å². The van der Waals surface area contributed by atoms with E-state index in [1.807, 2.05) is 13.0 Å². The summed E-state index contributed by atoms with van der Waals surface area (Å²) in [6.07, 6.45) is 3.50. The third-order valence-electron chi connectivity index (χ3n) is 2.53. The Hall–Kier alpha value is -1.62. The lowest BCUT2D eigenvalue weighted by Crippen LogP contribution is -2.26. The highest BCUT2D eigenvalue weighted by Gasteiger charge is 2.06. The Balaban J connectivity index is 2.38. The first-order valence-electron chi connectivity index (χ1n) is 6.83. The van der Waals surface area contributed by atoms with Crippen LogP contribution in [0.2, 0.25) is 0 Å². The molecule has 0 saturated heterocycles. The van der Waals surface area contributed by atoms with Gasteiger partial charge in [0, 0.05) is 38.2 Å². The van der Waals surface area contributed by atoms with Crippen molar-refractivity contribution in [1.82, 2.24) is 10.3 Å². The number of ether oxygens (including phenoxy) is 1. The van der Waals surface area contributed by atoms with Gasteiger partial charge in [-0.2, -0.15) is 0 Å². The van der Waals surface area contributed by atoms with Gasteiger partial charge in [0.15, 0.2) is 0 Å². The fourth-order valence-electron chi connectivity index (χ4n) is 1.55. The van der Waals surface area contributed by atoms with E-state index in [0.29, 0.717) is 25.5 Å². The summed E-state index contributed by atoms with van der Waals surface area (Å²) in [7, 11) is 0. The van der Waals surface area contributed by atoms with Crippen molar-refractivity contribution in [3.63, 3.8) is 0 Å². The molecule has 0 radical (unpaired) electrons. The summed E-state index contributed by atoms with van der Waals surface area (Å²) in [4.78, 5) is 15.9. The molecule has 0 aromatic carbocycles. The molecular weight excluding hydrogens is 242 g/mol. The minimum atomic E-state index is -0.142. The zero-order chi connectivity index (χ0) is 13.9. The molecule has 5 heteroatoms. The average molecular weight is 265 g/mol. The number of nitrogens with zero attached hydrogens (tertiary/aromatic N) is 1. The summed E-state index contributed by atoms with van der Waals surface area (Å²) in [5.74, 6) is -0.142. The molecule has 5 nitrogen and oxygen atoms in total. The van der Waals surface area contributed by atoms with Gasteiger partial charge in [-0.15, -0.1) is 0 Å². The van der Waals surface area contributed by atoms with Crippen LogP contribution >= 0.6 is 0 Å². The Kier molecular flexibility index (Phi) is 7.58. The van der Waals surface area contributed by atoms with Gasteiger partial charge >= 0.3 is 0 Å². The van der Waals surface area contributed by atoms with E-state index >= 15 is 0 Å². The van der Waals surface area contributed by atoms with E-state index in [9.17, 15) is 4.79 Å². The van der Waals surface area contributed by atoms with E-state index < -0.39 is 0 Å². The van der Waals surface area contributed by atoms with Crippen molar-refractivity contribution in [2.75, 3.05) is 31.6 Å². The molecule has 0 aliphatic heterocycles. The third-order valence-corrected chi connectivity index (χ3v) is 2.53. The zero-order valence-corrected chi connectivity index (χ0v) is 11.7. The Morgan fingerprint density at radius 3 is 2.95 bits per heavy atom. The number of pyridine rings is 1. The van der Waals surface area contributed by atoms with Crippen molar-refractivity contribution in [2.45, 2.75) is 26.7 Å². The number of rotatable bonds is 9. The second-order valence-corrected chi connectivity index (χ2v) is 4.16. The number of hydrogen-bond acceptors (Lipinski definition) is 4. The van der Waals surface area contributed by atoms with Crippen molar-refractivity contribution >= 4 is 11.6 Å². The molecule has 0 saturated carbocycles. The van der Waals surface area contributed by atoms with Gasteiger partial charge in [-0.1, -0.05) is 6.92 Å². The Morgan fingerprint density at radius 2 is 2.21 bits per heavy atom. The summed E-state index contributed by atoms with van der Waals surface area (Å²) < 4.78 is 5.21. The quantitative estimate of drug-likeness (QED) is 0.671. The van der Waals surface area contributed by atoms with Crippen molar-refractivity contribution in [2.24, 2.45) is 0 Å². The Bertz CT molecular complexity index is 383. The summed E-state index contributed by atoms with van der Waals surface area (Å²) in [5.41, 5.74) is 1.37. The maximum Gasteiger partial charge on any atom is 0.269 e. The lowest BCUT2D eigenvalue weighted by molar-refractivity contribution is 0.0939. The van der Waals surface area contributed by atoms with E-state index in [4.69, 9.17) is 4.74 Å². The second-order valence-electron chi connectivity index (χ2n) is 4.16. The van der Waals surface area contributed by atoms with Gasteiger partial charge in [-0.05, 0) is 31.9 Å². The first-order valence-corrected chi connectivity index (χ1v) is 6.83. The average Bonchev–Trinajstić information content (AvgIpc) is 2.45. The Labute approximate surface area is 114 Å². The molecule has 2 N–H and O–H groups in total. The molecule has 0 spiro atoms. The topological polar surface area (TPSA) is 63.2 Å². The fourth-order valence-corrected chi connectivity index (χ4v) is 1.55. The zero-order valence-electron chi connectivity index (χ0n) is 11.7. The number of amides is 1. The minimum Gasteiger partial charge on any atom is -0.385 e. The Morgan fingerprint density at radius 1 is 1.37 bits per heavy atom. The minimum absolute atomic E-state index is 0.142.